The molecule has 1 aromatic heterocycles. The second kappa shape index (κ2) is 7.36. The van der Waals surface area contributed by atoms with Gasteiger partial charge >= 0.3 is 0 Å². The van der Waals surface area contributed by atoms with Crippen molar-refractivity contribution >= 4 is 21.4 Å². The number of ether oxygens (including phenoxy) is 1. The van der Waals surface area contributed by atoms with E-state index < -0.39 is 27.7 Å². The van der Waals surface area contributed by atoms with Crippen LogP contribution in [0.15, 0.2) is 33.9 Å². The number of sulfonamides is 1. The molecule has 0 bridgehead atoms. The molecule has 5 nitrogen and oxygen atoms in total. The lowest BCUT2D eigenvalue weighted by atomic mass is 9.86. The Bertz CT molecular complexity index is 855. The summed E-state index contributed by atoms with van der Waals surface area (Å²) in [6.07, 6.45) is 0.611. The van der Waals surface area contributed by atoms with Gasteiger partial charge in [-0.05, 0) is 42.1 Å². The van der Waals surface area contributed by atoms with Crippen LogP contribution in [0.2, 0.25) is 0 Å². The Labute approximate surface area is 149 Å². The minimum absolute atomic E-state index is 0.101. The smallest absolute Gasteiger partial charge is 0.254 e. The maximum Gasteiger partial charge on any atom is 0.254 e. The van der Waals surface area contributed by atoms with E-state index in [1.807, 2.05) is 0 Å². The van der Waals surface area contributed by atoms with E-state index in [9.17, 15) is 17.2 Å². The first-order valence-corrected chi connectivity index (χ1v) is 10.1. The quantitative estimate of drug-likeness (QED) is 0.826. The van der Waals surface area contributed by atoms with Gasteiger partial charge in [0.15, 0.2) is 15.8 Å². The van der Waals surface area contributed by atoms with Crippen molar-refractivity contribution in [3.05, 3.63) is 46.8 Å². The number of thiophene rings is 1. The van der Waals surface area contributed by atoms with Gasteiger partial charge in [0.25, 0.3) is 10.0 Å². The molecule has 0 radical (unpaired) electrons. The van der Waals surface area contributed by atoms with Gasteiger partial charge in [0, 0.05) is 18.5 Å². The molecule has 2 atom stereocenters. The summed E-state index contributed by atoms with van der Waals surface area (Å²) in [4.78, 5) is 0. The van der Waals surface area contributed by atoms with E-state index in [-0.39, 0.29) is 15.9 Å². The van der Waals surface area contributed by atoms with Gasteiger partial charge in [-0.15, -0.1) is 11.3 Å². The number of rotatable bonds is 5. The minimum atomic E-state index is -3.78. The number of hydrogen-bond donors (Lipinski definition) is 2. The lowest BCUT2D eigenvalue weighted by molar-refractivity contribution is 0.374. The van der Waals surface area contributed by atoms with Crippen LogP contribution in [0.1, 0.15) is 17.9 Å². The maximum absolute atomic E-state index is 13.6. The average Bonchev–Trinajstić information content (AvgIpc) is 3.07. The maximum atomic E-state index is 13.6. The van der Waals surface area contributed by atoms with Crippen molar-refractivity contribution in [1.29, 1.82) is 0 Å². The zero-order valence-electron chi connectivity index (χ0n) is 13.5. The van der Waals surface area contributed by atoms with Crippen LogP contribution < -0.4 is 14.8 Å². The van der Waals surface area contributed by atoms with Crippen LogP contribution in [-0.4, -0.2) is 34.7 Å². The zero-order valence-corrected chi connectivity index (χ0v) is 15.1. The molecule has 0 aliphatic carbocycles. The lowest BCUT2D eigenvalue weighted by Crippen LogP contribution is -2.49. The van der Waals surface area contributed by atoms with Crippen LogP contribution in [0.5, 0.6) is 5.75 Å². The van der Waals surface area contributed by atoms with E-state index in [0.717, 1.165) is 23.5 Å². The minimum Gasteiger partial charge on any atom is -0.494 e. The highest BCUT2D eigenvalue weighted by atomic mass is 32.2. The molecule has 0 saturated carbocycles. The van der Waals surface area contributed by atoms with Crippen LogP contribution in [0.3, 0.4) is 0 Å². The predicted octanol–water partition coefficient (Wildman–Crippen LogP) is 2.46. The van der Waals surface area contributed by atoms with Crippen molar-refractivity contribution in [2.45, 2.75) is 22.6 Å². The zero-order chi connectivity index (χ0) is 18.0. The fraction of sp³-hybridized carbons (Fsp3) is 0.375. The van der Waals surface area contributed by atoms with E-state index in [4.69, 9.17) is 4.74 Å². The fourth-order valence-corrected chi connectivity index (χ4v) is 5.58. The molecular formula is C16H18F2N2O3S2. The molecule has 0 amide bonds. The molecule has 0 spiro atoms. The number of benzene rings is 1. The topological polar surface area (TPSA) is 67.4 Å². The monoisotopic (exact) mass is 388 g/mol. The van der Waals surface area contributed by atoms with Crippen LogP contribution in [0, 0.1) is 11.6 Å². The third kappa shape index (κ3) is 3.84. The molecule has 1 aliphatic rings. The first-order valence-electron chi connectivity index (χ1n) is 7.72. The molecule has 136 valence electrons. The number of nitrogens with one attached hydrogen (secondary N) is 2. The molecule has 9 heteroatoms. The number of methoxy groups -OCH3 is 1. The van der Waals surface area contributed by atoms with Crippen LogP contribution in [-0.2, 0) is 10.0 Å². The molecule has 2 unspecified atom stereocenters. The largest absolute Gasteiger partial charge is 0.494 e. The van der Waals surface area contributed by atoms with E-state index >= 15 is 0 Å². The van der Waals surface area contributed by atoms with Gasteiger partial charge in [-0.3, -0.25) is 0 Å². The molecule has 1 aliphatic heterocycles. The Balaban J connectivity index is 1.87. The summed E-state index contributed by atoms with van der Waals surface area (Å²) in [5.74, 6) is -1.82. The molecule has 1 fully saturated rings. The highest BCUT2D eigenvalue weighted by Gasteiger charge is 2.32. The normalized spacial score (nSPS) is 21.2. The van der Waals surface area contributed by atoms with Gasteiger partial charge in [-0.25, -0.2) is 21.9 Å². The Hall–Kier alpha value is -1.55. The Morgan fingerprint density at radius 3 is 2.80 bits per heavy atom. The Morgan fingerprint density at radius 2 is 2.08 bits per heavy atom. The van der Waals surface area contributed by atoms with Gasteiger partial charge in [-0.2, -0.15) is 0 Å². The van der Waals surface area contributed by atoms with Crippen molar-refractivity contribution < 1.29 is 21.9 Å². The van der Waals surface area contributed by atoms with E-state index in [1.54, 1.807) is 11.4 Å². The van der Waals surface area contributed by atoms with Gasteiger partial charge in [0.1, 0.15) is 5.75 Å². The summed E-state index contributed by atoms with van der Waals surface area (Å²) in [5.41, 5.74) is 0.575. The van der Waals surface area contributed by atoms with E-state index in [1.165, 1.54) is 13.2 Å². The van der Waals surface area contributed by atoms with Crippen molar-refractivity contribution in [2.24, 2.45) is 0 Å². The average molecular weight is 388 g/mol. The SMILES string of the molecule is COc1ccsc1S(=O)(=O)NC1CNCCC1c1ccc(F)c(F)c1. The molecular weight excluding hydrogens is 370 g/mol. The molecule has 1 aromatic carbocycles. The van der Waals surface area contributed by atoms with E-state index in [0.29, 0.717) is 25.1 Å². The van der Waals surface area contributed by atoms with Gasteiger partial charge in [-0.1, -0.05) is 6.07 Å². The standard InChI is InChI=1S/C16H18F2N2O3S2/c1-23-15-5-7-24-16(15)25(21,22)20-14-9-19-6-4-11(14)10-2-3-12(17)13(18)8-10/h2-3,5,7-8,11,14,19-20H,4,6,9H2,1H3. The molecule has 3 rings (SSSR count). The number of halogens is 2. The summed E-state index contributed by atoms with van der Waals surface area (Å²) in [6.45, 7) is 1.07. The van der Waals surface area contributed by atoms with Crippen LogP contribution in [0.25, 0.3) is 0 Å². The summed E-state index contributed by atoms with van der Waals surface area (Å²) in [6, 6.07) is 4.82. The lowest BCUT2D eigenvalue weighted by Gasteiger charge is -2.33. The van der Waals surface area contributed by atoms with Crippen LogP contribution >= 0.6 is 11.3 Å². The fourth-order valence-electron chi connectivity index (χ4n) is 3.01. The molecule has 25 heavy (non-hydrogen) atoms. The highest BCUT2D eigenvalue weighted by Crippen LogP contribution is 2.32. The Kier molecular flexibility index (Phi) is 5.38. The summed E-state index contributed by atoms with van der Waals surface area (Å²) in [5, 5.41) is 4.77. The predicted molar refractivity (Wildman–Crippen MR) is 91.6 cm³/mol. The van der Waals surface area contributed by atoms with Crippen molar-refractivity contribution in [1.82, 2.24) is 10.0 Å². The summed E-state index contributed by atoms with van der Waals surface area (Å²) >= 11 is 1.07. The van der Waals surface area contributed by atoms with Gasteiger partial charge < -0.3 is 10.1 Å². The van der Waals surface area contributed by atoms with Crippen LogP contribution in [0.4, 0.5) is 8.78 Å². The molecule has 1 saturated heterocycles. The van der Waals surface area contributed by atoms with Crippen molar-refractivity contribution in [3.8, 4) is 5.75 Å². The first kappa shape index (κ1) is 18.2. The molecule has 2 aromatic rings. The summed E-state index contributed by atoms with van der Waals surface area (Å²) in [7, 11) is -2.37. The van der Waals surface area contributed by atoms with Crippen molar-refractivity contribution in [2.75, 3.05) is 20.2 Å². The Morgan fingerprint density at radius 1 is 1.28 bits per heavy atom. The third-order valence-corrected chi connectivity index (χ3v) is 7.16. The first-order chi connectivity index (χ1) is 11.9. The second-order valence-electron chi connectivity index (χ2n) is 5.78. The summed E-state index contributed by atoms with van der Waals surface area (Å²) < 4.78 is 60.0. The van der Waals surface area contributed by atoms with Crippen molar-refractivity contribution in [3.63, 3.8) is 0 Å². The molecule has 2 N–H and O–H groups in total. The number of piperidine rings is 1. The number of hydrogen-bond acceptors (Lipinski definition) is 5. The van der Waals surface area contributed by atoms with E-state index in [2.05, 4.69) is 10.0 Å². The second-order valence-corrected chi connectivity index (χ2v) is 8.60. The van der Waals surface area contributed by atoms with Gasteiger partial charge in [0.05, 0.1) is 7.11 Å². The molecule has 2 heterocycles. The highest BCUT2D eigenvalue weighted by molar-refractivity contribution is 7.91. The third-order valence-electron chi connectivity index (χ3n) is 4.22. The van der Waals surface area contributed by atoms with Gasteiger partial charge in [0.2, 0.25) is 0 Å².